The Morgan fingerprint density at radius 1 is 1.07 bits per heavy atom. The summed E-state index contributed by atoms with van der Waals surface area (Å²) in [5.41, 5.74) is 1.82. The van der Waals surface area contributed by atoms with E-state index in [1.165, 1.54) is 32.7 Å². The lowest BCUT2D eigenvalue weighted by atomic mass is 10.1. The number of halogens is 1. The predicted octanol–water partition coefficient (Wildman–Crippen LogP) is 3.77. The average Bonchev–Trinajstić information content (AvgIpc) is 2.64. The molecule has 28 heavy (non-hydrogen) atoms. The van der Waals surface area contributed by atoms with Crippen molar-refractivity contribution in [2.24, 2.45) is 4.99 Å². The van der Waals surface area contributed by atoms with Crippen LogP contribution in [0.4, 0.5) is 0 Å². The third-order valence-corrected chi connectivity index (χ3v) is 5.66. The summed E-state index contributed by atoms with van der Waals surface area (Å²) in [5.74, 6) is 0.814. The second-order valence-corrected chi connectivity index (χ2v) is 8.80. The lowest BCUT2D eigenvalue weighted by molar-refractivity contribution is 0.537. The number of benzene rings is 1. The van der Waals surface area contributed by atoms with Crippen molar-refractivity contribution in [3.05, 3.63) is 35.4 Å². The minimum atomic E-state index is -3.24. The fourth-order valence-corrected chi connectivity index (χ4v) is 3.48. The quantitative estimate of drug-likeness (QED) is 0.168. The van der Waals surface area contributed by atoms with E-state index in [4.69, 9.17) is 0 Å². The van der Waals surface area contributed by atoms with E-state index in [0.29, 0.717) is 12.6 Å². The van der Waals surface area contributed by atoms with Crippen LogP contribution in [0.15, 0.2) is 29.3 Å². The summed E-state index contributed by atoms with van der Waals surface area (Å²) in [6, 6.07) is 7.94. The van der Waals surface area contributed by atoms with Crippen molar-refractivity contribution < 1.29 is 8.42 Å². The maximum absolute atomic E-state index is 11.6. The van der Waals surface area contributed by atoms with Crippen LogP contribution in [0.5, 0.6) is 0 Å². The molecule has 0 amide bonds. The van der Waals surface area contributed by atoms with Gasteiger partial charge < -0.3 is 10.6 Å². The molecule has 0 aliphatic heterocycles. The fourth-order valence-electron chi connectivity index (χ4n) is 2.71. The first-order chi connectivity index (χ1) is 12.9. The summed E-state index contributed by atoms with van der Waals surface area (Å²) >= 11 is 0. The van der Waals surface area contributed by atoms with E-state index in [2.05, 4.69) is 41.1 Å². The van der Waals surface area contributed by atoms with E-state index in [0.717, 1.165) is 30.1 Å². The minimum Gasteiger partial charge on any atom is -0.357 e. The zero-order chi connectivity index (χ0) is 20.1. The number of rotatable bonds is 12. The molecular formula is C20H37IN4O2S. The third-order valence-electron chi connectivity index (χ3n) is 4.33. The van der Waals surface area contributed by atoms with Crippen LogP contribution in [-0.4, -0.2) is 34.0 Å². The number of hydrogen-bond donors (Lipinski definition) is 3. The first-order valence-corrected chi connectivity index (χ1v) is 11.6. The normalized spacial score (nSPS) is 12.9. The molecule has 0 saturated heterocycles. The average molecular weight is 525 g/mol. The Kier molecular flexibility index (Phi) is 14.6. The van der Waals surface area contributed by atoms with Crippen LogP contribution in [0.25, 0.3) is 0 Å². The molecule has 1 atom stereocenters. The second-order valence-electron chi connectivity index (χ2n) is 6.87. The molecule has 0 aliphatic rings. The van der Waals surface area contributed by atoms with Crippen LogP contribution >= 0.6 is 24.0 Å². The molecular weight excluding hydrogens is 487 g/mol. The van der Waals surface area contributed by atoms with Crippen molar-refractivity contribution in [1.29, 1.82) is 0 Å². The standard InChI is InChI=1S/C20H36N4O2S.HI/c1-5-7-8-9-10-17(3)24-20(22-6-2)23-15-18-11-13-19(14-12-18)16-27(25,26)21-4;/h11-14,17,21H,5-10,15-16H2,1-4H3,(H2,22,23,24);1H. The molecule has 0 heterocycles. The molecule has 3 N–H and O–H groups in total. The van der Waals surface area contributed by atoms with Gasteiger partial charge in [0.25, 0.3) is 0 Å². The van der Waals surface area contributed by atoms with Crippen LogP contribution < -0.4 is 15.4 Å². The number of sulfonamides is 1. The first-order valence-electron chi connectivity index (χ1n) is 9.94. The highest BCUT2D eigenvalue weighted by atomic mass is 127. The van der Waals surface area contributed by atoms with Gasteiger partial charge in [-0.2, -0.15) is 0 Å². The molecule has 162 valence electrons. The summed E-state index contributed by atoms with van der Waals surface area (Å²) in [7, 11) is -1.81. The zero-order valence-electron chi connectivity index (χ0n) is 17.6. The Morgan fingerprint density at radius 2 is 1.71 bits per heavy atom. The van der Waals surface area contributed by atoms with Gasteiger partial charge in [-0.3, -0.25) is 0 Å². The van der Waals surface area contributed by atoms with Crippen molar-refractivity contribution >= 4 is 40.0 Å². The van der Waals surface area contributed by atoms with Gasteiger partial charge in [-0.1, -0.05) is 56.9 Å². The number of nitrogens with one attached hydrogen (secondary N) is 3. The van der Waals surface area contributed by atoms with Crippen LogP contribution in [0.3, 0.4) is 0 Å². The van der Waals surface area contributed by atoms with Crippen molar-refractivity contribution in [2.75, 3.05) is 13.6 Å². The number of nitrogens with zero attached hydrogens (tertiary/aromatic N) is 1. The Labute approximate surface area is 188 Å². The highest BCUT2D eigenvalue weighted by molar-refractivity contribution is 14.0. The smallest absolute Gasteiger partial charge is 0.215 e. The summed E-state index contributed by atoms with van der Waals surface area (Å²) in [5, 5.41) is 6.75. The number of guanidine groups is 1. The molecule has 1 aromatic rings. The number of aliphatic imine (C=N–C) groups is 1. The van der Waals surface area contributed by atoms with Crippen molar-refractivity contribution in [3.63, 3.8) is 0 Å². The van der Waals surface area contributed by atoms with Gasteiger partial charge in [-0.15, -0.1) is 24.0 Å². The van der Waals surface area contributed by atoms with E-state index in [-0.39, 0.29) is 29.7 Å². The van der Waals surface area contributed by atoms with Crippen LogP contribution in [0.2, 0.25) is 0 Å². The lowest BCUT2D eigenvalue weighted by Gasteiger charge is -2.17. The molecule has 1 rings (SSSR count). The molecule has 0 saturated carbocycles. The number of hydrogen-bond acceptors (Lipinski definition) is 3. The molecule has 8 heteroatoms. The predicted molar refractivity (Wildman–Crippen MR) is 130 cm³/mol. The molecule has 1 aromatic carbocycles. The van der Waals surface area contributed by atoms with Crippen LogP contribution in [0, 0.1) is 0 Å². The Balaban J connectivity index is 0.00000729. The molecule has 0 fully saturated rings. The van der Waals surface area contributed by atoms with Gasteiger partial charge in [0, 0.05) is 12.6 Å². The van der Waals surface area contributed by atoms with E-state index >= 15 is 0 Å². The summed E-state index contributed by atoms with van der Waals surface area (Å²) in [6.45, 7) is 7.84. The van der Waals surface area contributed by atoms with Crippen LogP contribution in [0.1, 0.15) is 64.0 Å². The topological polar surface area (TPSA) is 82.6 Å². The van der Waals surface area contributed by atoms with Gasteiger partial charge in [0.05, 0.1) is 12.3 Å². The highest BCUT2D eigenvalue weighted by Crippen LogP contribution is 2.09. The van der Waals surface area contributed by atoms with E-state index in [9.17, 15) is 8.42 Å². The fraction of sp³-hybridized carbons (Fsp3) is 0.650. The monoisotopic (exact) mass is 524 g/mol. The van der Waals surface area contributed by atoms with Crippen LogP contribution in [-0.2, 0) is 22.3 Å². The molecule has 0 aromatic heterocycles. The highest BCUT2D eigenvalue weighted by Gasteiger charge is 2.08. The molecule has 6 nitrogen and oxygen atoms in total. The molecule has 0 spiro atoms. The van der Waals surface area contributed by atoms with Gasteiger partial charge in [-0.05, 0) is 38.4 Å². The third kappa shape index (κ3) is 11.9. The Hall–Kier alpha value is -0.870. The summed E-state index contributed by atoms with van der Waals surface area (Å²) < 4.78 is 25.5. The van der Waals surface area contributed by atoms with E-state index in [1.54, 1.807) is 0 Å². The molecule has 0 aliphatic carbocycles. The first kappa shape index (κ1) is 27.1. The summed E-state index contributed by atoms with van der Waals surface area (Å²) in [6.07, 6.45) is 6.21. The summed E-state index contributed by atoms with van der Waals surface area (Å²) in [4.78, 5) is 4.65. The van der Waals surface area contributed by atoms with Crippen molar-refractivity contribution in [2.45, 2.75) is 71.2 Å². The second kappa shape index (κ2) is 15.0. The largest absolute Gasteiger partial charge is 0.357 e. The maximum atomic E-state index is 11.6. The van der Waals surface area contributed by atoms with E-state index < -0.39 is 10.0 Å². The number of unbranched alkanes of at least 4 members (excludes halogenated alkanes) is 3. The zero-order valence-corrected chi connectivity index (χ0v) is 20.8. The van der Waals surface area contributed by atoms with Gasteiger partial charge in [0.15, 0.2) is 5.96 Å². The SMILES string of the molecule is CCCCCCC(C)NC(=NCc1ccc(CS(=O)(=O)NC)cc1)NCC.I. The lowest BCUT2D eigenvalue weighted by Crippen LogP contribution is -2.42. The van der Waals surface area contributed by atoms with Gasteiger partial charge in [-0.25, -0.2) is 18.1 Å². The minimum absolute atomic E-state index is 0. The van der Waals surface area contributed by atoms with Gasteiger partial charge in [0.2, 0.25) is 10.0 Å². The van der Waals surface area contributed by atoms with Crippen molar-refractivity contribution in [1.82, 2.24) is 15.4 Å². The molecule has 0 bridgehead atoms. The van der Waals surface area contributed by atoms with Gasteiger partial charge >= 0.3 is 0 Å². The Bertz CT molecular complexity index is 663. The van der Waals surface area contributed by atoms with Crippen molar-refractivity contribution in [3.8, 4) is 0 Å². The van der Waals surface area contributed by atoms with E-state index in [1.807, 2.05) is 24.3 Å². The maximum Gasteiger partial charge on any atom is 0.215 e. The Morgan fingerprint density at radius 3 is 2.29 bits per heavy atom. The molecule has 1 unspecified atom stereocenters. The van der Waals surface area contributed by atoms with Gasteiger partial charge in [0.1, 0.15) is 0 Å². The molecule has 0 radical (unpaired) electrons.